The molecule has 120 valence electrons. The molecule has 0 spiro atoms. The number of ketones is 1. The maximum Gasteiger partial charge on any atom is 0.387 e. The number of halogens is 2. The van der Waals surface area contributed by atoms with Gasteiger partial charge in [0.1, 0.15) is 11.5 Å². The zero-order chi connectivity index (χ0) is 17.0. The third-order valence-corrected chi connectivity index (χ3v) is 3.30. The number of rotatable bonds is 5. The van der Waals surface area contributed by atoms with Gasteiger partial charge in [0.25, 0.3) is 0 Å². The second kappa shape index (κ2) is 7.05. The number of allylic oxidation sites excluding steroid dienone is 1. The SMILES string of the molecule is Cc1cc(C=CC(=O)c2ccc(OC(F)F)cc2)cc(C)c1O. The molecule has 0 radical (unpaired) electrons. The number of ether oxygens (including phenoxy) is 1. The average Bonchev–Trinajstić information content (AvgIpc) is 2.50. The second-order valence-corrected chi connectivity index (χ2v) is 5.10. The molecule has 2 aromatic carbocycles. The van der Waals surface area contributed by atoms with Gasteiger partial charge in [-0.25, -0.2) is 0 Å². The smallest absolute Gasteiger partial charge is 0.387 e. The first-order valence-electron chi connectivity index (χ1n) is 6.94. The van der Waals surface area contributed by atoms with Gasteiger partial charge in [-0.15, -0.1) is 0 Å². The van der Waals surface area contributed by atoms with Crippen molar-refractivity contribution in [3.05, 3.63) is 64.7 Å². The van der Waals surface area contributed by atoms with Crippen molar-refractivity contribution in [1.82, 2.24) is 0 Å². The van der Waals surface area contributed by atoms with E-state index in [1.807, 2.05) is 0 Å². The van der Waals surface area contributed by atoms with E-state index >= 15 is 0 Å². The number of alkyl halides is 2. The fraction of sp³-hybridized carbons (Fsp3) is 0.167. The highest BCUT2D eigenvalue weighted by atomic mass is 19.3. The van der Waals surface area contributed by atoms with Gasteiger partial charge in [0, 0.05) is 5.56 Å². The maximum atomic E-state index is 12.1. The lowest BCUT2D eigenvalue weighted by Crippen LogP contribution is -2.02. The Morgan fingerprint density at radius 2 is 1.70 bits per heavy atom. The number of hydrogen-bond donors (Lipinski definition) is 1. The number of phenolic OH excluding ortho intramolecular Hbond substituents is 1. The molecule has 2 aromatic rings. The summed E-state index contributed by atoms with van der Waals surface area (Å²) >= 11 is 0. The van der Waals surface area contributed by atoms with E-state index in [-0.39, 0.29) is 17.3 Å². The summed E-state index contributed by atoms with van der Waals surface area (Å²) in [6.07, 6.45) is 3.04. The summed E-state index contributed by atoms with van der Waals surface area (Å²) in [6.45, 7) is 0.671. The van der Waals surface area contributed by atoms with Crippen LogP contribution in [0.25, 0.3) is 6.08 Å². The van der Waals surface area contributed by atoms with Crippen LogP contribution in [0.3, 0.4) is 0 Å². The lowest BCUT2D eigenvalue weighted by atomic mass is 10.0. The highest BCUT2D eigenvalue weighted by Crippen LogP contribution is 2.23. The Morgan fingerprint density at radius 3 is 2.22 bits per heavy atom. The van der Waals surface area contributed by atoms with Crippen LogP contribution in [-0.2, 0) is 0 Å². The van der Waals surface area contributed by atoms with Crippen LogP contribution < -0.4 is 4.74 Å². The fourth-order valence-electron chi connectivity index (χ4n) is 2.15. The van der Waals surface area contributed by atoms with Gasteiger partial charge in [-0.05, 0) is 73.0 Å². The summed E-state index contributed by atoms with van der Waals surface area (Å²) in [7, 11) is 0. The number of phenols is 1. The first-order chi connectivity index (χ1) is 10.9. The average molecular weight is 318 g/mol. The molecule has 0 fully saturated rings. The standard InChI is InChI=1S/C18H16F2O3/c1-11-9-13(10-12(2)17(11)22)3-8-16(21)14-4-6-15(7-5-14)23-18(19)20/h3-10,18,22H,1-2H3. The number of carbonyl (C=O) groups excluding carboxylic acids is 1. The van der Waals surface area contributed by atoms with E-state index in [9.17, 15) is 18.7 Å². The van der Waals surface area contributed by atoms with Crippen LogP contribution in [0.2, 0.25) is 0 Å². The molecule has 1 N–H and O–H groups in total. The monoisotopic (exact) mass is 318 g/mol. The van der Waals surface area contributed by atoms with E-state index in [4.69, 9.17) is 0 Å². The first kappa shape index (κ1) is 16.7. The van der Waals surface area contributed by atoms with E-state index in [2.05, 4.69) is 4.74 Å². The van der Waals surface area contributed by atoms with Crippen LogP contribution in [0.4, 0.5) is 8.78 Å². The van der Waals surface area contributed by atoms with Gasteiger partial charge in [-0.2, -0.15) is 8.78 Å². The highest BCUT2D eigenvalue weighted by molar-refractivity contribution is 6.06. The van der Waals surface area contributed by atoms with E-state index in [1.54, 1.807) is 32.1 Å². The number of carbonyl (C=O) groups is 1. The van der Waals surface area contributed by atoms with Gasteiger partial charge in [-0.1, -0.05) is 6.08 Å². The molecule has 0 heterocycles. The minimum Gasteiger partial charge on any atom is -0.507 e. The highest BCUT2D eigenvalue weighted by Gasteiger charge is 2.07. The zero-order valence-electron chi connectivity index (χ0n) is 12.7. The van der Waals surface area contributed by atoms with Crippen LogP contribution >= 0.6 is 0 Å². The molecule has 0 unspecified atom stereocenters. The van der Waals surface area contributed by atoms with Crippen LogP contribution in [0.1, 0.15) is 27.0 Å². The van der Waals surface area contributed by atoms with E-state index in [1.165, 1.54) is 30.3 Å². The predicted molar refractivity (Wildman–Crippen MR) is 84.0 cm³/mol. The zero-order valence-corrected chi connectivity index (χ0v) is 12.7. The minimum absolute atomic E-state index is 0.00492. The number of hydrogen-bond acceptors (Lipinski definition) is 3. The molecule has 5 heteroatoms. The Bertz CT molecular complexity index is 711. The van der Waals surface area contributed by atoms with Crippen molar-refractivity contribution in [2.75, 3.05) is 0 Å². The summed E-state index contributed by atoms with van der Waals surface area (Å²) in [6, 6.07) is 9.04. The van der Waals surface area contributed by atoms with Crippen LogP contribution in [0.5, 0.6) is 11.5 Å². The molecule has 23 heavy (non-hydrogen) atoms. The molecule has 0 aliphatic heterocycles. The van der Waals surface area contributed by atoms with Crippen LogP contribution in [0.15, 0.2) is 42.5 Å². The third-order valence-electron chi connectivity index (χ3n) is 3.30. The molecule has 2 rings (SSSR count). The van der Waals surface area contributed by atoms with Crippen LogP contribution in [0, 0.1) is 13.8 Å². The molecule has 0 aliphatic rings. The fourth-order valence-corrected chi connectivity index (χ4v) is 2.15. The van der Waals surface area contributed by atoms with Crippen LogP contribution in [-0.4, -0.2) is 17.5 Å². The summed E-state index contributed by atoms with van der Waals surface area (Å²) in [4.78, 5) is 12.1. The number of aryl methyl sites for hydroxylation is 2. The topological polar surface area (TPSA) is 46.5 Å². The Kier molecular flexibility index (Phi) is 5.11. The molecule has 0 aliphatic carbocycles. The van der Waals surface area contributed by atoms with Crippen molar-refractivity contribution >= 4 is 11.9 Å². The molecule has 0 saturated carbocycles. The lowest BCUT2D eigenvalue weighted by molar-refractivity contribution is -0.0498. The Labute approximate surface area is 132 Å². The molecule has 0 saturated heterocycles. The molecular weight excluding hydrogens is 302 g/mol. The van der Waals surface area contributed by atoms with Gasteiger partial charge in [-0.3, -0.25) is 4.79 Å². The predicted octanol–water partition coefficient (Wildman–Crippen LogP) is 4.51. The van der Waals surface area contributed by atoms with Gasteiger partial charge >= 0.3 is 6.61 Å². The lowest BCUT2D eigenvalue weighted by Gasteiger charge is -2.05. The Morgan fingerprint density at radius 1 is 1.13 bits per heavy atom. The van der Waals surface area contributed by atoms with Gasteiger partial charge in [0.15, 0.2) is 5.78 Å². The third kappa shape index (κ3) is 4.39. The molecule has 0 bridgehead atoms. The van der Waals surface area contributed by atoms with Gasteiger partial charge < -0.3 is 9.84 Å². The molecule has 0 amide bonds. The maximum absolute atomic E-state index is 12.1. The van der Waals surface area contributed by atoms with Crippen molar-refractivity contribution < 1.29 is 23.4 Å². The molecule has 3 nitrogen and oxygen atoms in total. The van der Waals surface area contributed by atoms with Gasteiger partial charge in [0.2, 0.25) is 0 Å². The minimum atomic E-state index is -2.89. The molecule has 0 atom stereocenters. The Balaban J connectivity index is 2.12. The molecule has 0 aromatic heterocycles. The summed E-state index contributed by atoms with van der Waals surface area (Å²) in [5.74, 6) is -0.00890. The van der Waals surface area contributed by atoms with Crippen molar-refractivity contribution in [2.24, 2.45) is 0 Å². The van der Waals surface area contributed by atoms with Gasteiger partial charge in [0.05, 0.1) is 0 Å². The second-order valence-electron chi connectivity index (χ2n) is 5.10. The normalized spacial score (nSPS) is 11.2. The van der Waals surface area contributed by atoms with E-state index in [0.717, 1.165) is 16.7 Å². The van der Waals surface area contributed by atoms with Crippen molar-refractivity contribution in [3.63, 3.8) is 0 Å². The number of aromatic hydroxyl groups is 1. The summed E-state index contributed by atoms with van der Waals surface area (Å²) < 4.78 is 28.4. The number of benzene rings is 2. The first-order valence-corrected chi connectivity index (χ1v) is 6.94. The van der Waals surface area contributed by atoms with E-state index < -0.39 is 6.61 Å². The van der Waals surface area contributed by atoms with E-state index in [0.29, 0.717) is 5.56 Å². The summed E-state index contributed by atoms with van der Waals surface area (Å²) in [5.41, 5.74) is 2.62. The Hall–Kier alpha value is -2.69. The van der Waals surface area contributed by atoms with Crippen molar-refractivity contribution in [2.45, 2.75) is 20.5 Å². The largest absolute Gasteiger partial charge is 0.507 e. The van der Waals surface area contributed by atoms with Crippen molar-refractivity contribution in [3.8, 4) is 11.5 Å². The van der Waals surface area contributed by atoms with Crippen molar-refractivity contribution in [1.29, 1.82) is 0 Å². The quantitative estimate of drug-likeness (QED) is 0.652. The summed E-state index contributed by atoms with van der Waals surface area (Å²) in [5, 5.41) is 9.72. The molecular formula is C18H16F2O3.